The van der Waals surface area contributed by atoms with Crippen molar-refractivity contribution in [1.29, 1.82) is 0 Å². The monoisotopic (exact) mass is 384 g/mol. The normalized spacial score (nSPS) is 17.3. The fourth-order valence-electron chi connectivity index (χ4n) is 3.16. The van der Waals surface area contributed by atoms with Gasteiger partial charge in [0.05, 0.1) is 18.7 Å². The molecule has 5 heteroatoms. The van der Waals surface area contributed by atoms with Crippen molar-refractivity contribution in [2.45, 2.75) is 32.7 Å². The van der Waals surface area contributed by atoms with Gasteiger partial charge in [-0.15, -0.1) is 0 Å². The second-order valence-electron chi connectivity index (χ2n) is 6.50. The number of hydrogen-bond donors (Lipinski definition) is 1. The van der Waals surface area contributed by atoms with Crippen molar-refractivity contribution < 1.29 is 9.47 Å². The van der Waals surface area contributed by atoms with Gasteiger partial charge in [0.25, 0.3) is 0 Å². The van der Waals surface area contributed by atoms with Gasteiger partial charge >= 0.3 is 0 Å². The minimum atomic E-state index is 0.372. The summed E-state index contributed by atoms with van der Waals surface area (Å²) in [4.78, 5) is 2.57. The third kappa shape index (κ3) is 4.85. The van der Waals surface area contributed by atoms with Crippen LogP contribution in [0.3, 0.4) is 0 Å². The molecule has 130 valence electrons. The SMILES string of the molecule is COc1cc([C@H](CCC(C)C)N2CCNCC2)c(OC)cc1Br. The van der Waals surface area contributed by atoms with E-state index in [-0.39, 0.29) is 0 Å². The summed E-state index contributed by atoms with van der Waals surface area (Å²) in [7, 11) is 3.46. The van der Waals surface area contributed by atoms with Gasteiger partial charge in [0.15, 0.2) is 0 Å². The van der Waals surface area contributed by atoms with E-state index in [4.69, 9.17) is 9.47 Å². The van der Waals surface area contributed by atoms with Gasteiger partial charge in [-0.2, -0.15) is 0 Å². The second-order valence-corrected chi connectivity index (χ2v) is 7.36. The van der Waals surface area contributed by atoms with Crippen LogP contribution >= 0.6 is 15.9 Å². The van der Waals surface area contributed by atoms with Gasteiger partial charge in [-0.3, -0.25) is 4.90 Å². The highest BCUT2D eigenvalue weighted by Crippen LogP contribution is 2.40. The van der Waals surface area contributed by atoms with Gasteiger partial charge in [-0.05, 0) is 46.8 Å². The fraction of sp³-hybridized carbons (Fsp3) is 0.667. The number of benzene rings is 1. The average molecular weight is 385 g/mol. The summed E-state index contributed by atoms with van der Waals surface area (Å²) in [6.45, 7) is 8.82. The van der Waals surface area contributed by atoms with Crippen molar-refractivity contribution in [3.05, 3.63) is 22.2 Å². The van der Waals surface area contributed by atoms with Gasteiger partial charge < -0.3 is 14.8 Å². The average Bonchev–Trinajstić information content (AvgIpc) is 2.56. The first kappa shape index (κ1) is 18.6. The van der Waals surface area contributed by atoms with E-state index >= 15 is 0 Å². The van der Waals surface area contributed by atoms with Crippen LogP contribution in [0, 0.1) is 5.92 Å². The fourth-order valence-corrected chi connectivity index (χ4v) is 3.65. The standard InChI is InChI=1S/C18H29BrN2O2/c1-13(2)5-6-16(21-9-7-20-8-10-21)14-11-18(23-4)15(19)12-17(14)22-3/h11-13,16,20H,5-10H2,1-4H3/t16-/m0/s1. The topological polar surface area (TPSA) is 33.7 Å². The third-order valence-corrected chi connectivity index (χ3v) is 5.09. The summed E-state index contributed by atoms with van der Waals surface area (Å²) in [6.07, 6.45) is 2.34. The van der Waals surface area contributed by atoms with E-state index in [1.165, 1.54) is 12.0 Å². The van der Waals surface area contributed by atoms with Crippen LogP contribution in [0.4, 0.5) is 0 Å². The second kappa shape index (κ2) is 8.90. The lowest BCUT2D eigenvalue weighted by atomic mass is 9.95. The van der Waals surface area contributed by atoms with Gasteiger partial charge in [-0.25, -0.2) is 0 Å². The van der Waals surface area contributed by atoms with Gasteiger partial charge in [0.1, 0.15) is 11.5 Å². The molecule has 0 saturated carbocycles. The Morgan fingerprint density at radius 3 is 2.30 bits per heavy atom. The van der Waals surface area contributed by atoms with Crippen molar-refractivity contribution in [3.8, 4) is 11.5 Å². The smallest absolute Gasteiger partial charge is 0.133 e. The van der Waals surface area contributed by atoms with E-state index in [9.17, 15) is 0 Å². The highest BCUT2D eigenvalue weighted by atomic mass is 79.9. The Morgan fingerprint density at radius 1 is 1.09 bits per heavy atom. The molecule has 1 N–H and O–H groups in total. The van der Waals surface area contributed by atoms with E-state index in [0.717, 1.165) is 48.6 Å². The Balaban J connectivity index is 2.35. The molecule has 0 amide bonds. The first-order valence-corrected chi connectivity index (χ1v) is 9.22. The van der Waals surface area contributed by atoms with Crippen LogP contribution in [0.15, 0.2) is 16.6 Å². The lowest BCUT2D eigenvalue weighted by molar-refractivity contribution is 0.157. The van der Waals surface area contributed by atoms with Crippen LogP contribution in [0.2, 0.25) is 0 Å². The number of rotatable bonds is 7. The summed E-state index contributed by atoms with van der Waals surface area (Å²) >= 11 is 3.56. The summed E-state index contributed by atoms with van der Waals surface area (Å²) in [5.41, 5.74) is 1.23. The Bertz CT molecular complexity index is 502. The zero-order valence-corrected chi connectivity index (χ0v) is 16.3. The van der Waals surface area contributed by atoms with Crippen molar-refractivity contribution >= 4 is 15.9 Å². The highest BCUT2D eigenvalue weighted by molar-refractivity contribution is 9.10. The quantitative estimate of drug-likeness (QED) is 0.773. The van der Waals surface area contributed by atoms with Gasteiger partial charge in [-0.1, -0.05) is 13.8 Å². The molecule has 1 fully saturated rings. The van der Waals surface area contributed by atoms with Crippen LogP contribution in [0.1, 0.15) is 38.3 Å². The molecule has 1 aliphatic rings. The van der Waals surface area contributed by atoms with E-state index < -0.39 is 0 Å². The predicted molar refractivity (Wildman–Crippen MR) is 98.5 cm³/mol. The largest absolute Gasteiger partial charge is 0.496 e. The lowest BCUT2D eigenvalue weighted by Crippen LogP contribution is -2.45. The van der Waals surface area contributed by atoms with Crippen LogP contribution in [-0.2, 0) is 0 Å². The molecule has 23 heavy (non-hydrogen) atoms. The van der Waals surface area contributed by atoms with Crippen LogP contribution in [0.25, 0.3) is 0 Å². The number of methoxy groups -OCH3 is 2. The van der Waals surface area contributed by atoms with E-state index in [1.54, 1.807) is 14.2 Å². The molecule has 4 nitrogen and oxygen atoms in total. The molecule has 0 aromatic heterocycles. The van der Waals surface area contributed by atoms with Crippen molar-refractivity contribution in [3.63, 3.8) is 0 Å². The Kier molecular flexibility index (Phi) is 7.18. The van der Waals surface area contributed by atoms with Crippen LogP contribution in [-0.4, -0.2) is 45.3 Å². The van der Waals surface area contributed by atoms with Crippen LogP contribution < -0.4 is 14.8 Å². The molecular formula is C18H29BrN2O2. The summed E-state index contributed by atoms with van der Waals surface area (Å²) in [5, 5.41) is 3.44. The number of nitrogens with one attached hydrogen (secondary N) is 1. The van der Waals surface area contributed by atoms with E-state index in [1.807, 2.05) is 6.07 Å². The molecule has 1 aromatic carbocycles. The maximum atomic E-state index is 5.68. The lowest BCUT2D eigenvalue weighted by Gasteiger charge is -2.36. The first-order chi connectivity index (χ1) is 11.1. The molecule has 1 aromatic rings. The molecule has 1 heterocycles. The molecule has 2 rings (SSSR count). The zero-order chi connectivity index (χ0) is 16.8. The molecule has 1 saturated heterocycles. The third-order valence-electron chi connectivity index (χ3n) is 4.47. The highest BCUT2D eigenvalue weighted by Gasteiger charge is 2.26. The molecule has 0 unspecified atom stereocenters. The van der Waals surface area contributed by atoms with E-state index in [0.29, 0.717) is 12.0 Å². The minimum Gasteiger partial charge on any atom is -0.496 e. The first-order valence-electron chi connectivity index (χ1n) is 8.43. The van der Waals surface area contributed by atoms with Gasteiger partial charge in [0.2, 0.25) is 0 Å². The van der Waals surface area contributed by atoms with Crippen molar-refractivity contribution in [2.75, 3.05) is 40.4 Å². The summed E-state index contributed by atoms with van der Waals surface area (Å²) < 4.78 is 12.1. The molecule has 0 aliphatic carbocycles. The van der Waals surface area contributed by atoms with Crippen molar-refractivity contribution in [1.82, 2.24) is 10.2 Å². The van der Waals surface area contributed by atoms with E-state index in [2.05, 4.69) is 46.1 Å². The minimum absolute atomic E-state index is 0.372. The predicted octanol–water partition coefficient (Wildman–Crippen LogP) is 3.85. The molecule has 0 radical (unpaired) electrons. The zero-order valence-electron chi connectivity index (χ0n) is 14.7. The van der Waals surface area contributed by atoms with Crippen molar-refractivity contribution in [2.24, 2.45) is 5.92 Å². The Morgan fingerprint density at radius 2 is 1.74 bits per heavy atom. The molecular weight excluding hydrogens is 356 g/mol. The summed E-state index contributed by atoms with van der Waals surface area (Å²) in [6, 6.07) is 4.53. The maximum Gasteiger partial charge on any atom is 0.133 e. The van der Waals surface area contributed by atoms with Gasteiger partial charge in [0, 0.05) is 37.8 Å². The molecule has 0 spiro atoms. The number of nitrogens with zero attached hydrogens (tertiary/aromatic N) is 1. The number of halogens is 1. The van der Waals surface area contributed by atoms with Crippen LogP contribution in [0.5, 0.6) is 11.5 Å². The number of piperazine rings is 1. The molecule has 0 bridgehead atoms. The number of hydrogen-bond acceptors (Lipinski definition) is 4. The Labute approximate surface area is 148 Å². The Hall–Kier alpha value is -0.780. The molecule has 1 atom stereocenters. The maximum absolute atomic E-state index is 5.68. The molecule has 1 aliphatic heterocycles. The number of ether oxygens (including phenoxy) is 2. The summed E-state index contributed by atoms with van der Waals surface area (Å²) in [5.74, 6) is 2.50.